The molecule has 0 radical (unpaired) electrons. The second-order valence-corrected chi connectivity index (χ2v) is 11.7. The van der Waals surface area contributed by atoms with Crippen LogP contribution in [0.5, 0.6) is 11.8 Å². The molecule has 1 spiro atoms. The van der Waals surface area contributed by atoms with E-state index < -0.39 is 11.8 Å². The fraction of sp³-hybridized carbons (Fsp3) is 0.452. The highest BCUT2D eigenvalue weighted by molar-refractivity contribution is 5.75. The maximum atomic E-state index is 15.0. The smallest absolute Gasteiger partial charge is 0.307 e. The molecule has 2 heterocycles. The van der Waals surface area contributed by atoms with Gasteiger partial charge in [-0.2, -0.15) is 0 Å². The maximum Gasteiger partial charge on any atom is 0.307 e. The van der Waals surface area contributed by atoms with Gasteiger partial charge in [0.05, 0.1) is 25.3 Å². The summed E-state index contributed by atoms with van der Waals surface area (Å²) in [6, 6.07) is 9.29. The molecule has 0 bridgehead atoms. The summed E-state index contributed by atoms with van der Waals surface area (Å²) < 4.78 is 32.3. The van der Waals surface area contributed by atoms with Crippen molar-refractivity contribution in [1.82, 2.24) is 9.97 Å². The highest BCUT2D eigenvalue weighted by atomic mass is 19.1. The van der Waals surface area contributed by atoms with Gasteiger partial charge in [-0.1, -0.05) is 32.9 Å². The van der Waals surface area contributed by atoms with Crippen LogP contribution in [-0.4, -0.2) is 35.3 Å². The molecular formula is C31H35FN2O5. The quantitative estimate of drug-likeness (QED) is 0.364. The molecule has 3 atom stereocenters. The molecule has 0 aliphatic heterocycles. The van der Waals surface area contributed by atoms with Crippen molar-refractivity contribution >= 4 is 5.97 Å². The Hall–Kier alpha value is -3.52. The lowest BCUT2D eigenvalue weighted by molar-refractivity contribution is -0.149. The number of aryl methyl sites for hydroxylation is 1. The van der Waals surface area contributed by atoms with E-state index in [-0.39, 0.29) is 29.5 Å². The van der Waals surface area contributed by atoms with Crippen molar-refractivity contribution in [3.63, 3.8) is 0 Å². The Morgan fingerprint density at radius 2 is 1.87 bits per heavy atom. The van der Waals surface area contributed by atoms with Crippen LogP contribution in [0.1, 0.15) is 68.4 Å². The van der Waals surface area contributed by atoms with E-state index in [0.717, 1.165) is 47.7 Å². The van der Waals surface area contributed by atoms with Gasteiger partial charge in [-0.3, -0.25) is 4.79 Å². The number of benzene rings is 1. The number of hydrogen-bond donors (Lipinski definition) is 1. The second kappa shape index (κ2) is 10.2. The Balaban J connectivity index is 1.46. The predicted molar refractivity (Wildman–Crippen MR) is 144 cm³/mol. The summed E-state index contributed by atoms with van der Waals surface area (Å²) in [5.74, 6) is -0.723. The molecular weight excluding hydrogens is 499 g/mol. The van der Waals surface area contributed by atoms with Crippen molar-refractivity contribution in [2.45, 2.75) is 64.6 Å². The average Bonchev–Trinajstić information content (AvgIpc) is 3.27. The summed E-state index contributed by atoms with van der Waals surface area (Å²) in [4.78, 5) is 20.3. The third-order valence-electron chi connectivity index (χ3n) is 8.32. The van der Waals surface area contributed by atoms with Crippen molar-refractivity contribution in [3.05, 3.63) is 70.8 Å². The minimum atomic E-state index is -0.726. The average molecular weight is 535 g/mol. The van der Waals surface area contributed by atoms with Gasteiger partial charge in [0.1, 0.15) is 12.4 Å². The van der Waals surface area contributed by atoms with Crippen LogP contribution in [0.2, 0.25) is 0 Å². The monoisotopic (exact) mass is 534 g/mol. The lowest BCUT2D eigenvalue weighted by atomic mass is 9.57. The van der Waals surface area contributed by atoms with E-state index in [1.807, 2.05) is 30.5 Å². The van der Waals surface area contributed by atoms with Gasteiger partial charge in [0.2, 0.25) is 11.8 Å². The summed E-state index contributed by atoms with van der Waals surface area (Å²) in [7, 11) is 3.15. The number of carboxylic acids is 1. The molecule has 206 valence electrons. The molecule has 0 unspecified atom stereocenters. The van der Waals surface area contributed by atoms with Gasteiger partial charge in [-0.05, 0) is 65.0 Å². The largest absolute Gasteiger partial charge is 0.481 e. The number of methoxy groups -OCH3 is 2. The fourth-order valence-electron chi connectivity index (χ4n) is 6.32. The van der Waals surface area contributed by atoms with Crippen LogP contribution in [0.15, 0.2) is 42.7 Å². The Kier molecular flexibility index (Phi) is 7.10. The van der Waals surface area contributed by atoms with Crippen molar-refractivity contribution in [1.29, 1.82) is 0 Å². The van der Waals surface area contributed by atoms with E-state index in [1.165, 1.54) is 7.11 Å². The van der Waals surface area contributed by atoms with Gasteiger partial charge in [-0.15, -0.1) is 0 Å². The molecule has 1 aromatic carbocycles. The van der Waals surface area contributed by atoms with Crippen LogP contribution in [0.4, 0.5) is 4.39 Å². The molecule has 7 nitrogen and oxygen atoms in total. The lowest BCUT2D eigenvalue weighted by Gasteiger charge is -2.45. The SMILES string of the molecule is COc1cc(-c2ccc(COc3cc4c(cn3)CC[C@@]43CC[C@@H]3C(=O)O)cc2[C@H](OC)C(C)(C)C)c(F)cn1. The first-order chi connectivity index (χ1) is 18.6. The van der Waals surface area contributed by atoms with E-state index in [2.05, 4.69) is 30.7 Å². The van der Waals surface area contributed by atoms with Gasteiger partial charge in [0.15, 0.2) is 0 Å². The van der Waals surface area contributed by atoms with Crippen molar-refractivity contribution in [2.24, 2.45) is 11.3 Å². The summed E-state index contributed by atoms with van der Waals surface area (Å²) in [5.41, 5.74) is 4.40. The second-order valence-electron chi connectivity index (χ2n) is 11.7. The number of carboxylic acid groups (broad SMARTS) is 1. The van der Waals surface area contributed by atoms with Crippen LogP contribution in [0, 0.1) is 17.2 Å². The fourth-order valence-corrected chi connectivity index (χ4v) is 6.32. The number of ether oxygens (including phenoxy) is 3. The first kappa shape index (κ1) is 27.1. The van der Waals surface area contributed by atoms with Crippen LogP contribution >= 0.6 is 0 Å². The number of aliphatic carboxylic acids is 1. The number of hydrogen-bond acceptors (Lipinski definition) is 6. The lowest BCUT2D eigenvalue weighted by Crippen LogP contribution is -2.46. The Morgan fingerprint density at radius 3 is 2.51 bits per heavy atom. The van der Waals surface area contributed by atoms with E-state index in [9.17, 15) is 14.3 Å². The van der Waals surface area contributed by atoms with Crippen LogP contribution < -0.4 is 9.47 Å². The zero-order valence-corrected chi connectivity index (χ0v) is 23.1. The zero-order chi connectivity index (χ0) is 27.9. The number of carbonyl (C=O) groups is 1. The number of fused-ring (bicyclic) bond motifs is 2. The van der Waals surface area contributed by atoms with Crippen LogP contribution in [0.3, 0.4) is 0 Å². The third-order valence-corrected chi connectivity index (χ3v) is 8.32. The molecule has 3 aromatic rings. The maximum absolute atomic E-state index is 15.0. The van der Waals surface area contributed by atoms with Crippen molar-refractivity contribution in [2.75, 3.05) is 14.2 Å². The van der Waals surface area contributed by atoms with Crippen molar-refractivity contribution < 1.29 is 28.5 Å². The number of rotatable bonds is 8. The molecule has 0 amide bonds. The van der Waals surface area contributed by atoms with Crippen molar-refractivity contribution in [3.8, 4) is 22.9 Å². The minimum Gasteiger partial charge on any atom is -0.481 e. The van der Waals surface area contributed by atoms with Crippen LogP contribution in [0.25, 0.3) is 11.1 Å². The van der Waals surface area contributed by atoms with Gasteiger partial charge < -0.3 is 19.3 Å². The van der Waals surface area contributed by atoms with E-state index in [1.54, 1.807) is 13.2 Å². The van der Waals surface area contributed by atoms with Gasteiger partial charge in [0.25, 0.3) is 0 Å². The predicted octanol–water partition coefficient (Wildman–Crippen LogP) is 6.28. The zero-order valence-electron chi connectivity index (χ0n) is 23.1. The molecule has 39 heavy (non-hydrogen) atoms. The van der Waals surface area contributed by atoms with E-state index in [0.29, 0.717) is 29.3 Å². The molecule has 1 N–H and O–H groups in total. The first-order valence-electron chi connectivity index (χ1n) is 13.3. The highest BCUT2D eigenvalue weighted by Crippen LogP contribution is 2.56. The number of pyridine rings is 2. The number of nitrogens with zero attached hydrogens (tertiary/aromatic N) is 2. The molecule has 5 rings (SSSR count). The Labute approximate surface area is 228 Å². The molecule has 1 saturated carbocycles. The normalized spacial score (nSPS) is 20.8. The third kappa shape index (κ3) is 4.86. The first-order valence-corrected chi connectivity index (χ1v) is 13.3. The molecule has 2 aromatic heterocycles. The van der Waals surface area contributed by atoms with Gasteiger partial charge in [0, 0.05) is 36.4 Å². The van der Waals surface area contributed by atoms with E-state index in [4.69, 9.17) is 14.2 Å². The summed E-state index contributed by atoms with van der Waals surface area (Å²) >= 11 is 0. The van der Waals surface area contributed by atoms with Gasteiger partial charge >= 0.3 is 5.97 Å². The van der Waals surface area contributed by atoms with Gasteiger partial charge in [-0.25, -0.2) is 14.4 Å². The molecule has 8 heteroatoms. The summed E-state index contributed by atoms with van der Waals surface area (Å²) in [6.45, 7) is 6.48. The Morgan fingerprint density at radius 1 is 1.10 bits per heavy atom. The number of halogens is 1. The number of aromatic nitrogens is 2. The Bertz CT molecular complexity index is 1400. The van der Waals surface area contributed by atoms with Crippen LogP contribution in [-0.2, 0) is 28.0 Å². The molecule has 1 fully saturated rings. The summed E-state index contributed by atoms with van der Waals surface area (Å²) in [6.07, 6.45) is 5.95. The molecule has 0 saturated heterocycles. The topological polar surface area (TPSA) is 90.8 Å². The highest BCUT2D eigenvalue weighted by Gasteiger charge is 2.54. The molecule has 2 aliphatic carbocycles. The molecule has 2 aliphatic rings. The van der Waals surface area contributed by atoms with E-state index >= 15 is 0 Å². The standard InChI is InChI=1S/C31H35FN2O5/c1-30(2,3)28(38-5)22-12-18(6-7-20(22)21-13-26(37-4)34-16-25(21)32)17-39-27-14-24-19(15-33-27)8-10-31(24)11-9-23(31)29(35)36/h6-7,12-16,23,28H,8-11,17H2,1-5H3,(H,35,36)/t23-,28+,31+/m1/s1. The minimum absolute atomic E-state index is 0.247. The summed E-state index contributed by atoms with van der Waals surface area (Å²) in [5, 5.41) is 9.71.